The molecule has 0 spiro atoms. The molecular weight excluding hydrogens is 243 g/mol. The Bertz CT molecular complexity index is 505. The summed E-state index contributed by atoms with van der Waals surface area (Å²) in [5.74, 6) is 0.244. The lowest BCUT2D eigenvalue weighted by Gasteiger charge is -2.13. The maximum Gasteiger partial charge on any atom is 0.123 e. The van der Waals surface area contributed by atoms with Crippen molar-refractivity contribution in [2.24, 2.45) is 0 Å². The third-order valence-electron chi connectivity index (χ3n) is 2.99. The van der Waals surface area contributed by atoms with Gasteiger partial charge in [0.1, 0.15) is 24.3 Å². The van der Waals surface area contributed by atoms with E-state index in [0.29, 0.717) is 5.75 Å². The largest absolute Gasteiger partial charge is 0.491 e. The van der Waals surface area contributed by atoms with Crippen molar-refractivity contribution < 1.29 is 14.2 Å². The Balaban J connectivity index is 1.93. The number of hydrogen-bond donors (Lipinski definition) is 1. The van der Waals surface area contributed by atoms with Gasteiger partial charge in [-0.05, 0) is 41.8 Å². The predicted molar refractivity (Wildman–Crippen MR) is 72.7 cm³/mol. The lowest BCUT2D eigenvalue weighted by molar-refractivity contribution is 0.108. The van der Waals surface area contributed by atoms with Crippen LogP contribution in [-0.4, -0.2) is 11.7 Å². The zero-order chi connectivity index (χ0) is 13.7. The Labute approximate surface area is 112 Å². The Morgan fingerprint density at radius 1 is 1.05 bits per heavy atom. The maximum atomic E-state index is 12.7. The summed E-state index contributed by atoms with van der Waals surface area (Å²) in [6, 6.07) is 13.5. The summed E-state index contributed by atoms with van der Waals surface area (Å²) in [5, 5.41) is 10.0. The van der Waals surface area contributed by atoms with Crippen molar-refractivity contribution in [2.45, 2.75) is 19.4 Å². The number of ether oxygens (including phenoxy) is 1. The Morgan fingerprint density at radius 2 is 1.68 bits per heavy atom. The van der Waals surface area contributed by atoms with Gasteiger partial charge in [0.05, 0.1) is 0 Å². The number of halogens is 1. The fraction of sp³-hybridized carbons (Fsp3) is 0.250. The van der Waals surface area contributed by atoms with Gasteiger partial charge in [0.15, 0.2) is 0 Å². The molecule has 0 aromatic heterocycles. The second-order valence-corrected chi connectivity index (χ2v) is 4.38. The second kappa shape index (κ2) is 6.34. The third kappa shape index (κ3) is 3.80. The van der Waals surface area contributed by atoms with Gasteiger partial charge in [-0.2, -0.15) is 0 Å². The first-order valence-corrected chi connectivity index (χ1v) is 6.34. The van der Waals surface area contributed by atoms with Crippen LogP contribution in [0.3, 0.4) is 0 Å². The maximum absolute atomic E-state index is 12.7. The number of rotatable bonds is 5. The van der Waals surface area contributed by atoms with Crippen LogP contribution in [0.5, 0.6) is 5.75 Å². The smallest absolute Gasteiger partial charge is 0.123 e. The summed E-state index contributed by atoms with van der Waals surface area (Å²) >= 11 is 0. The molecule has 0 fully saturated rings. The summed E-state index contributed by atoms with van der Waals surface area (Å²) in [6.07, 6.45) is 0.290. The van der Waals surface area contributed by atoms with Crippen molar-refractivity contribution in [1.29, 1.82) is 0 Å². The minimum Gasteiger partial charge on any atom is -0.491 e. The van der Waals surface area contributed by atoms with E-state index < -0.39 is 6.10 Å². The molecular formula is C16H17FO2. The molecule has 1 N–H and O–H groups in total. The first-order valence-electron chi connectivity index (χ1n) is 6.34. The van der Waals surface area contributed by atoms with Gasteiger partial charge in [-0.25, -0.2) is 4.39 Å². The highest BCUT2D eigenvalue weighted by Crippen LogP contribution is 2.17. The summed E-state index contributed by atoms with van der Waals surface area (Å²) in [4.78, 5) is 0. The minimum atomic E-state index is -0.684. The molecule has 0 amide bonds. The Kier molecular flexibility index (Phi) is 4.53. The molecule has 0 radical (unpaired) electrons. The van der Waals surface area contributed by atoms with Gasteiger partial charge in [-0.3, -0.25) is 0 Å². The van der Waals surface area contributed by atoms with Crippen molar-refractivity contribution in [1.82, 2.24) is 0 Å². The summed E-state index contributed by atoms with van der Waals surface area (Å²) in [5.41, 5.74) is 2.05. The topological polar surface area (TPSA) is 29.5 Å². The van der Waals surface area contributed by atoms with E-state index in [1.807, 2.05) is 24.3 Å². The molecule has 1 atom stereocenters. The molecule has 2 aromatic rings. The van der Waals surface area contributed by atoms with Crippen LogP contribution in [0.2, 0.25) is 0 Å². The van der Waals surface area contributed by atoms with Crippen LogP contribution >= 0.6 is 0 Å². The summed E-state index contributed by atoms with van der Waals surface area (Å²) < 4.78 is 18.1. The predicted octanol–water partition coefficient (Wildman–Crippen LogP) is 3.50. The normalized spacial score (nSPS) is 12.2. The number of hydrogen-bond acceptors (Lipinski definition) is 2. The van der Waals surface area contributed by atoms with E-state index in [1.165, 1.54) is 17.7 Å². The van der Waals surface area contributed by atoms with Crippen molar-refractivity contribution in [3.8, 4) is 5.75 Å². The van der Waals surface area contributed by atoms with E-state index in [9.17, 15) is 9.50 Å². The first-order chi connectivity index (χ1) is 9.19. The van der Waals surface area contributed by atoms with Crippen LogP contribution in [0.4, 0.5) is 4.39 Å². The van der Waals surface area contributed by atoms with Gasteiger partial charge in [0.25, 0.3) is 0 Å². The van der Waals surface area contributed by atoms with E-state index in [2.05, 4.69) is 6.92 Å². The number of benzene rings is 2. The molecule has 19 heavy (non-hydrogen) atoms. The molecule has 2 aromatic carbocycles. The fourth-order valence-electron chi connectivity index (χ4n) is 1.78. The minimum absolute atomic E-state index is 0.150. The van der Waals surface area contributed by atoms with Gasteiger partial charge in [0, 0.05) is 0 Å². The highest BCUT2D eigenvalue weighted by molar-refractivity contribution is 5.25. The van der Waals surface area contributed by atoms with Gasteiger partial charge < -0.3 is 9.84 Å². The van der Waals surface area contributed by atoms with Crippen LogP contribution in [0.25, 0.3) is 0 Å². The SMILES string of the molecule is CCc1ccc(C(O)COc2ccc(F)cc2)cc1. The molecule has 0 aliphatic carbocycles. The Morgan fingerprint density at radius 3 is 2.26 bits per heavy atom. The van der Waals surface area contributed by atoms with Gasteiger partial charge >= 0.3 is 0 Å². The highest BCUT2D eigenvalue weighted by Gasteiger charge is 2.08. The average molecular weight is 260 g/mol. The lowest BCUT2D eigenvalue weighted by Crippen LogP contribution is -2.09. The van der Waals surface area contributed by atoms with Crippen LogP contribution in [0, 0.1) is 5.82 Å². The third-order valence-corrected chi connectivity index (χ3v) is 2.99. The molecule has 0 aliphatic rings. The first kappa shape index (κ1) is 13.6. The molecule has 2 nitrogen and oxygen atoms in total. The van der Waals surface area contributed by atoms with E-state index in [-0.39, 0.29) is 12.4 Å². The van der Waals surface area contributed by atoms with Crippen LogP contribution < -0.4 is 4.74 Å². The molecule has 100 valence electrons. The standard InChI is InChI=1S/C16H17FO2/c1-2-12-3-5-13(6-4-12)16(18)11-19-15-9-7-14(17)8-10-15/h3-10,16,18H,2,11H2,1H3. The van der Waals surface area contributed by atoms with Crippen molar-refractivity contribution in [3.63, 3.8) is 0 Å². The number of aliphatic hydroxyl groups is 1. The van der Waals surface area contributed by atoms with E-state index in [1.54, 1.807) is 12.1 Å². The van der Waals surface area contributed by atoms with Gasteiger partial charge in [0.2, 0.25) is 0 Å². The van der Waals surface area contributed by atoms with Crippen molar-refractivity contribution in [3.05, 3.63) is 65.5 Å². The van der Waals surface area contributed by atoms with Crippen LogP contribution in [-0.2, 0) is 6.42 Å². The molecule has 0 heterocycles. The molecule has 2 rings (SSSR count). The summed E-state index contributed by atoms with van der Waals surface area (Å²) in [6.45, 7) is 2.24. The highest BCUT2D eigenvalue weighted by atomic mass is 19.1. The zero-order valence-electron chi connectivity index (χ0n) is 10.8. The van der Waals surface area contributed by atoms with E-state index in [4.69, 9.17) is 4.74 Å². The monoisotopic (exact) mass is 260 g/mol. The average Bonchev–Trinajstić information content (AvgIpc) is 2.46. The zero-order valence-corrected chi connectivity index (χ0v) is 10.8. The molecule has 0 aliphatic heterocycles. The molecule has 3 heteroatoms. The molecule has 0 saturated carbocycles. The number of aryl methyl sites for hydroxylation is 1. The van der Waals surface area contributed by atoms with Crippen LogP contribution in [0.15, 0.2) is 48.5 Å². The Hall–Kier alpha value is -1.87. The van der Waals surface area contributed by atoms with Gasteiger partial charge in [-0.1, -0.05) is 31.2 Å². The van der Waals surface area contributed by atoms with E-state index >= 15 is 0 Å². The molecule has 0 saturated heterocycles. The molecule has 0 bridgehead atoms. The van der Waals surface area contributed by atoms with E-state index in [0.717, 1.165) is 12.0 Å². The molecule has 1 unspecified atom stereocenters. The fourth-order valence-corrected chi connectivity index (χ4v) is 1.78. The second-order valence-electron chi connectivity index (χ2n) is 4.38. The quantitative estimate of drug-likeness (QED) is 0.891. The van der Waals surface area contributed by atoms with Crippen molar-refractivity contribution >= 4 is 0 Å². The lowest BCUT2D eigenvalue weighted by atomic mass is 10.1. The van der Waals surface area contributed by atoms with Crippen molar-refractivity contribution in [2.75, 3.05) is 6.61 Å². The van der Waals surface area contributed by atoms with Crippen LogP contribution in [0.1, 0.15) is 24.2 Å². The number of aliphatic hydroxyl groups excluding tert-OH is 1. The van der Waals surface area contributed by atoms with Gasteiger partial charge in [-0.15, -0.1) is 0 Å². The summed E-state index contributed by atoms with van der Waals surface area (Å²) in [7, 11) is 0.